The van der Waals surface area contributed by atoms with Gasteiger partial charge in [-0.15, -0.1) is 0 Å². The Balaban J connectivity index is 1.87. The summed E-state index contributed by atoms with van der Waals surface area (Å²) in [5.41, 5.74) is 1.11. The fraction of sp³-hybridized carbons (Fsp3) is 0.600. The summed E-state index contributed by atoms with van der Waals surface area (Å²) in [7, 11) is 1.57. The minimum atomic E-state index is 0.220. The van der Waals surface area contributed by atoms with Crippen LogP contribution in [0, 0.1) is 0 Å². The van der Waals surface area contributed by atoms with E-state index in [-0.39, 0.29) is 5.75 Å². The zero-order chi connectivity index (χ0) is 12.8. The lowest BCUT2D eigenvalue weighted by Gasteiger charge is -2.16. The number of nitrogens with one attached hydrogen (secondary N) is 1. The molecule has 0 aromatic heterocycles. The van der Waals surface area contributed by atoms with Gasteiger partial charge < -0.3 is 15.2 Å². The summed E-state index contributed by atoms with van der Waals surface area (Å²) in [4.78, 5) is 0. The highest BCUT2D eigenvalue weighted by molar-refractivity contribution is 5.41. The number of phenols is 1. The quantitative estimate of drug-likeness (QED) is 0.805. The van der Waals surface area contributed by atoms with Crippen molar-refractivity contribution in [3.8, 4) is 11.5 Å². The van der Waals surface area contributed by atoms with E-state index in [4.69, 9.17) is 4.74 Å². The van der Waals surface area contributed by atoms with Crippen molar-refractivity contribution < 1.29 is 9.84 Å². The van der Waals surface area contributed by atoms with E-state index in [1.165, 1.54) is 38.5 Å². The van der Waals surface area contributed by atoms with E-state index in [9.17, 15) is 5.11 Å². The molecule has 18 heavy (non-hydrogen) atoms. The van der Waals surface area contributed by atoms with Gasteiger partial charge >= 0.3 is 0 Å². The number of aromatic hydroxyl groups is 1. The summed E-state index contributed by atoms with van der Waals surface area (Å²) in [6, 6.07) is 6.24. The van der Waals surface area contributed by atoms with Crippen LogP contribution in [-0.4, -0.2) is 18.3 Å². The van der Waals surface area contributed by atoms with Gasteiger partial charge in [-0.1, -0.05) is 31.7 Å². The zero-order valence-corrected chi connectivity index (χ0v) is 11.1. The third kappa shape index (κ3) is 3.64. The molecule has 1 aromatic carbocycles. The number of benzene rings is 1. The minimum Gasteiger partial charge on any atom is -0.504 e. The van der Waals surface area contributed by atoms with Crippen molar-refractivity contribution in [3.05, 3.63) is 23.8 Å². The highest BCUT2D eigenvalue weighted by Crippen LogP contribution is 2.26. The second-order valence-corrected chi connectivity index (χ2v) is 5.08. The van der Waals surface area contributed by atoms with Gasteiger partial charge in [0, 0.05) is 12.6 Å². The number of hydrogen-bond acceptors (Lipinski definition) is 3. The van der Waals surface area contributed by atoms with Crippen LogP contribution < -0.4 is 10.1 Å². The molecule has 0 unspecified atom stereocenters. The van der Waals surface area contributed by atoms with E-state index in [2.05, 4.69) is 5.32 Å². The van der Waals surface area contributed by atoms with Gasteiger partial charge in [0.15, 0.2) is 11.5 Å². The van der Waals surface area contributed by atoms with Gasteiger partial charge in [0.25, 0.3) is 0 Å². The summed E-state index contributed by atoms with van der Waals surface area (Å²) < 4.78 is 5.04. The SMILES string of the molecule is COc1ccc(CNC2CCCCCC2)cc1O. The highest BCUT2D eigenvalue weighted by Gasteiger charge is 2.11. The average Bonchev–Trinajstić information content (AvgIpc) is 2.65. The van der Waals surface area contributed by atoms with Gasteiger partial charge in [-0.3, -0.25) is 0 Å². The molecule has 3 nitrogen and oxygen atoms in total. The number of rotatable bonds is 4. The lowest BCUT2D eigenvalue weighted by atomic mass is 10.1. The van der Waals surface area contributed by atoms with Gasteiger partial charge in [0.1, 0.15) is 0 Å². The maximum absolute atomic E-state index is 9.72. The molecule has 2 N–H and O–H groups in total. The molecule has 3 heteroatoms. The monoisotopic (exact) mass is 249 g/mol. The lowest BCUT2D eigenvalue weighted by molar-refractivity contribution is 0.372. The van der Waals surface area contributed by atoms with E-state index in [0.29, 0.717) is 11.8 Å². The molecule has 0 radical (unpaired) electrons. The Morgan fingerprint density at radius 1 is 1.22 bits per heavy atom. The molecule has 0 bridgehead atoms. The van der Waals surface area contributed by atoms with Crippen molar-refractivity contribution in [2.24, 2.45) is 0 Å². The van der Waals surface area contributed by atoms with Crippen molar-refractivity contribution in [2.75, 3.05) is 7.11 Å². The summed E-state index contributed by atoms with van der Waals surface area (Å²) in [6.45, 7) is 0.822. The molecule has 0 atom stereocenters. The van der Waals surface area contributed by atoms with Crippen molar-refractivity contribution in [3.63, 3.8) is 0 Å². The van der Waals surface area contributed by atoms with Gasteiger partial charge in [-0.05, 0) is 30.5 Å². The summed E-state index contributed by atoms with van der Waals surface area (Å²) in [5, 5.41) is 13.3. The molecule has 0 heterocycles. The van der Waals surface area contributed by atoms with Crippen LogP contribution in [0.1, 0.15) is 44.1 Å². The second kappa shape index (κ2) is 6.64. The summed E-state index contributed by atoms with van der Waals surface area (Å²) in [5.74, 6) is 0.755. The molecule has 0 saturated heterocycles. The largest absolute Gasteiger partial charge is 0.504 e. The third-order valence-corrected chi connectivity index (χ3v) is 3.69. The third-order valence-electron chi connectivity index (χ3n) is 3.69. The van der Waals surface area contributed by atoms with Crippen LogP contribution in [0.3, 0.4) is 0 Å². The first kappa shape index (κ1) is 13.2. The van der Waals surface area contributed by atoms with E-state index < -0.39 is 0 Å². The Morgan fingerprint density at radius 2 is 1.94 bits per heavy atom. The van der Waals surface area contributed by atoms with Gasteiger partial charge in [0.05, 0.1) is 7.11 Å². The fourth-order valence-electron chi connectivity index (χ4n) is 2.59. The Kier molecular flexibility index (Phi) is 4.88. The van der Waals surface area contributed by atoms with Crippen molar-refractivity contribution in [2.45, 2.75) is 51.1 Å². The van der Waals surface area contributed by atoms with Gasteiger partial charge in [-0.25, -0.2) is 0 Å². The lowest BCUT2D eigenvalue weighted by Crippen LogP contribution is -2.27. The Labute approximate surface area is 109 Å². The molecule has 1 saturated carbocycles. The van der Waals surface area contributed by atoms with Crippen molar-refractivity contribution in [1.29, 1.82) is 0 Å². The van der Waals surface area contributed by atoms with Crippen LogP contribution in [-0.2, 0) is 6.54 Å². The first-order valence-corrected chi connectivity index (χ1v) is 6.89. The summed E-state index contributed by atoms with van der Waals surface area (Å²) >= 11 is 0. The molecule has 0 spiro atoms. The normalized spacial score (nSPS) is 17.4. The molecule has 100 valence electrons. The predicted octanol–water partition coefficient (Wildman–Crippen LogP) is 3.21. The maximum Gasteiger partial charge on any atom is 0.160 e. The first-order chi connectivity index (χ1) is 8.79. The summed E-state index contributed by atoms with van der Waals surface area (Å²) in [6.07, 6.45) is 7.99. The van der Waals surface area contributed by atoms with E-state index in [1.54, 1.807) is 13.2 Å². The minimum absolute atomic E-state index is 0.220. The Hall–Kier alpha value is -1.22. The molecule has 1 fully saturated rings. The molecule has 1 aliphatic rings. The Bertz CT molecular complexity index is 371. The topological polar surface area (TPSA) is 41.5 Å². The number of phenolic OH excluding ortho intramolecular Hbond substituents is 1. The average molecular weight is 249 g/mol. The van der Waals surface area contributed by atoms with Crippen LogP contribution in [0.15, 0.2) is 18.2 Å². The first-order valence-electron chi connectivity index (χ1n) is 6.89. The van der Waals surface area contributed by atoms with Crippen molar-refractivity contribution >= 4 is 0 Å². The van der Waals surface area contributed by atoms with Crippen molar-refractivity contribution in [1.82, 2.24) is 5.32 Å². The van der Waals surface area contributed by atoms with E-state index in [0.717, 1.165) is 12.1 Å². The van der Waals surface area contributed by atoms with Gasteiger partial charge in [0.2, 0.25) is 0 Å². The molecule has 1 aromatic rings. The standard InChI is InChI=1S/C15H23NO2/c1-18-15-9-8-12(10-14(15)17)11-16-13-6-4-2-3-5-7-13/h8-10,13,16-17H,2-7,11H2,1H3. The number of methoxy groups -OCH3 is 1. The van der Waals surface area contributed by atoms with Crippen LogP contribution in [0.4, 0.5) is 0 Å². The number of ether oxygens (including phenoxy) is 1. The molecular formula is C15H23NO2. The number of hydrogen-bond donors (Lipinski definition) is 2. The van der Waals surface area contributed by atoms with Crippen LogP contribution >= 0.6 is 0 Å². The van der Waals surface area contributed by atoms with Crippen LogP contribution in [0.25, 0.3) is 0 Å². The molecule has 0 aliphatic heterocycles. The second-order valence-electron chi connectivity index (χ2n) is 5.08. The zero-order valence-electron chi connectivity index (χ0n) is 11.1. The van der Waals surface area contributed by atoms with Crippen LogP contribution in [0.2, 0.25) is 0 Å². The highest BCUT2D eigenvalue weighted by atomic mass is 16.5. The van der Waals surface area contributed by atoms with E-state index in [1.807, 2.05) is 12.1 Å². The smallest absolute Gasteiger partial charge is 0.160 e. The van der Waals surface area contributed by atoms with E-state index >= 15 is 0 Å². The molecule has 1 aliphatic carbocycles. The molecular weight excluding hydrogens is 226 g/mol. The van der Waals surface area contributed by atoms with Gasteiger partial charge in [-0.2, -0.15) is 0 Å². The Morgan fingerprint density at radius 3 is 2.56 bits per heavy atom. The maximum atomic E-state index is 9.72. The predicted molar refractivity (Wildman–Crippen MR) is 73.0 cm³/mol. The molecule has 2 rings (SSSR count). The fourth-order valence-corrected chi connectivity index (χ4v) is 2.59. The molecule has 0 amide bonds. The van der Waals surface area contributed by atoms with Crippen LogP contribution in [0.5, 0.6) is 11.5 Å².